The lowest BCUT2D eigenvalue weighted by molar-refractivity contribution is 0.0943. The molecule has 1 aliphatic rings. The van der Waals surface area contributed by atoms with Gasteiger partial charge in [0.25, 0.3) is 5.91 Å². The number of nitrogens with zero attached hydrogens (tertiary/aromatic N) is 5. The van der Waals surface area contributed by atoms with Crippen LogP contribution in [0, 0.1) is 20.8 Å². The predicted molar refractivity (Wildman–Crippen MR) is 156 cm³/mol. The third-order valence-electron chi connectivity index (χ3n) is 7.75. The van der Waals surface area contributed by atoms with Crippen molar-refractivity contribution in [3.63, 3.8) is 0 Å². The van der Waals surface area contributed by atoms with Crippen LogP contribution >= 0.6 is 11.6 Å². The largest absolute Gasteiger partial charge is 0.481 e. The average molecular weight is 551 g/mol. The molecule has 0 saturated carbocycles. The highest BCUT2D eigenvalue weighted by Gasteiger charge is 2.28. The molecule has 0 radical (unpaired) electrons. The van der Waals surface area contributed by atoms with Gasteiger partial charge >= 0.3 is 0 Å². The maximum absolute atomic E-state index is 12.8. The average Bonchev–Trinajstić information content (AvgIpc) is 2.92. The van der Waals surface area contributed by atoms with E-state index in [2.05, 4.69) is 56.0 Å². The van der Waals surface area contributed by atoms with E-state index >= 15 is 0 Å². The van der Waals surface area contributed by atoms with Crippen LogP contribution in [-0.4, -0.2) is 64.6 Å². The number of aryl methyl sites for hydroxylation is 3. The highest BCUT2D eigenvalue weighted by Crippen LogP contribution is 2.28. The summed E-state index contributed by atoms with van der Waals surface area (Å²) in [6.07, 6.45) is 8.70. The number of carbonyl (C=O) groups is 1. The van der Waals surface area contributed by atoms with Crippen molar-refractivity contribution in [3.8, 4) is 5.88 Å². The van der Waals surface area contributed by atoms with Crippen LogP contribution in [0.5, 0.6) is 5.88 Å². The summed E-state index contributed by atoms with van der Waals surface area (Å²) >= 11 is 6.02. The van der Waals surface area contributed by atoms with Crippen LogP contribution in [0.4, 0.5) is 5.69 Å². The molecule has 4 heterocycles. The Morgan fingerprint density at radius 2 is 1.95 bits per heavy atom. The third-order valence-corrected chi connectivity index (χ3v) is 7.95. The number of piperidine rings is 1. The molecule has 1 fully saturated rings. The minimum Gasteiger partial charge on any atom is -0.481 e. The summed E-state index contributed by atoms with van der Waals surface area (Å²) in [4.78, 5) is 30.9. The molecule has 0 aromatic carbocycles. The number of hydrogen-bond acceptors (Lipinski definition) is 7. The van der Waals surface area contributed by atoms with Crippen LogP contribution in [0.1, 0.15) is 58.9 Å². The first-order valence-corrected chi connectivity index (χ1v) is 14.0. The van der Waals surface area contributed by atoms with Crippen molar-refractivity contribution in [1.29, 1.82) is 0 Å². The second-order valence-electron chi connectivity index (χ2n) is 10.4. The van der Waals surface area contributed by atoms with Gasteiger partial charge in [0.1, 0.15) is 5.15 Å². The zero-order valence-corrected chi connectivity index (χ0v) is 24.3. The van der Waals surface area contributed by atoms with Crippen molar-refractivity contribution in [2.45, 2.75) is 65.6 Å². The number of likely N-dealkylation sites (tertiary alicyclic amines) is 1. The van der Waals surface area contributed by atoms with Crippen LogP contribution in [0.2, 0.25) is 5.15 Å². The number of ether oxygens (including phenoxy) is 1. The first-order valence-electron chi connectivity index (χ1n) is 13.6. The Morgan fingerprint density at radius 1 is 1.18 bits per heavy atom. The molecule has 1 N–H and O–H groups in total. The van der Waals surface area contributed by atoms with Gasteiger partial charge in [0, 0.05) is 56.7 Å². The lowest BCUT2D eigenvalue weighted by Gasteiger charge is -2.42. The minimum atomic E-state index is -0.0884. The Kier molecular flexibility index (Phi) is 9.75. The van der Waals surface area contributed by atoms with E-state index in [-0.39, 0.29) is 5.91 Å². The number of halogens is 1. The van der Waals surface area contributed by atoms with Crippen molar-refractivity contribution in [2.24, 2.45) is 0 Å². The Hall–Kier alpha value is -3.23. The fourth-order valence-corrected chi connectivity index (χ4v) is 5.66. The van der Waals surface area contributed by atoms with Crippen LogP contribution in [0.25, 0.3) is 0 Å². The molecule has 0 spiro atoms. The number of pyridine rings is 3. The van der Waals surface area contributed by atoms with Gasteiger partial charge in [-0.15, -0.1) is 0 Å². The van der Waals surface area contributed by atoms with Crippen molar-refractivity contribution < 1.29 is 9.53 Å². The number of nitrogens with one attached hydrogen (secondary N) is 1. The van der Waals surface area contributed by atoms with Crippen molar-refractivity contribution in [1.82, 2.24) is 25.2 Å². The van der Waals surface area contributed by atoms with Crippen LogP contribution in [0.3, 0.4) is 0 Å². The maximum Gasteiger partial charge on any atom is 0.253 e. The van der Waals surface area contributed by atoms with Gasteiger partial charge in [-0.25, -0.2) is 9.97 Å². The molecular formula is C30H39ClN6O2. The molecule has 1 atom stereocenters. The minimum absolute atomic E-state index is 0.0884. The molecule has 1 saturated heterocycles. The number of carbonyl (C=O) groups excluding carboxylic acids is 1. The van der Waals surface area contributed by atoms with Gasteiger partial charge in [0.15, 0.2) is 0 Å². The molecule has 0 bridgehead atoms. The zero-order valence-electron chi connectivity index (χ0n) is 23.6. The number of methoxy groups -OCH3 is 1. The normalized spacial score (nSPS) is 15.1. The van der Waals surface area contributed by atoms with Gasteiger partial charge < -0.3 is 19.9 Å². The highest BCUT2D eigenvalue weighted by molar-refractivity contribution is 6.29. The van der Waals surface area contributed by atoms with Gasteiger partial charge in [-0.2, -0.15) is 0 Å². The summed E-state index contributed by atoms with van der Waals surface area (Å²) in [5.74, 6) is 0.527. The summed E-state index contributed by atoms with van der Waals surface area (Å²) in [6.45, 7) is 11.5. The lowest BCUT2D eigenvalue weighted by Crippen LogP contribution is -2.48. The molecular weight excluding hydrogens is 512 g/mol. The van der Waals surface area contributed by atoms with E-state index in [0.717, 1.165) is 50.1 Å². The molecule has 208 valence electrons. The van der Waals surface area contributed by atoms with Crippen molar-refractivity contribution in [3.05, 3.63) is 76.0 Å². The Bertz CT molecular complexity index is 1240. The van der Waals surface area contributed by atoms with Crippen LogP contribution in [-0.2, 0) is 6.54 Å². The Morgan fingerprint density at radius 3 is 2.59 bits per heavy atom. The molecule has 3 aromatic rings. The predicted octanol–water partition coefficient (Wildman–Crippen LogP) is 5.14. The number of anilines is 1. The SMILES string of the molecule is COc1ccc(N(Cc2cnccc2C)C2CCN(C(C)CCNC(=O)c3c(C)cc(Cl)nc3C)CC2)cn1. The van der Waals surface area contributed by atoms with Crippen LogP contribution < -0.4 is 15.0 Å². The number of rotatable bonds is 10. The third kappa shape index (κ3) is 7.25. The smallest absolute Gasteiger partial charge is 0.253 e. The highest BCUT2D eigenvalue weighted by atomic mass is 35.5. The fraction of sp³-hybridized carbons (Fsp3) is 0.467. The zero-order chi connectivity index (χ0) is 27.9. The standard InChI is InChI=1S/C30H39ClN6O2/c1-20-8-12-32-17-24(20)19-37(26-6-7-28(39-5)34-18-26)25-10-14-36(15-11-25)22(3)9-13-33-30(38)29-21(2)16-27(31)35-23(29)4/h6-8,12,16-18,22,25H,9-11,13-15,19H2,1-5H3,(H,33,38). The Balaban J connectivity index is 1.34. The van der Waals surface area contributed by atoms with Crippen molar-refractivity contribution >= 4 is 23.2 Å². The summed E-state index contributed by atoms with van der Waals surface area (Å²) < 4.78 is 5.28. The topological polar surface area (TPSA) is 83.5 Å². The summed E-state index contributed by atoms with van der Waals surface area (Å²) in [5, 5.41) is 3.49. The van der Waals surface area contributed by atoms with Gasteiger partial charge in [-0.05, 0) is 81.8 Å². The van der Waals surface area contributed by atoms with Gasteiger partial charge in [-0.1, -0.05) is 11.6 Å². The summed E-state index contributed by atoms with van der Waals surface area (Å²) in [5.41, 5.74) is 5.68. The number of hydrogen-bond donors (Lipinski definition) is 1. The van der Waals surface area contributed by atoms with E-state index in [9.17, 15) is 4.79 Å². The van der Waals surface area contributed by atoms with Gasteiger partial charge in [0.2, 0.25) is 5.88 Å². The molecule has 8 nitrogen and oxygen atoms in total. The summed E-state index contributed by atoms with van der Waals surface area (Å²) in [6, 6.07) is 8.58. The van der Waals surface area contributed by atoms with Gasteiger partial charge in [0.05, 0.1) is 30.3 Å². The molecule has 1 unspecified atom stereocenters. The molecule has 39 heavy (non-hydrogen) atoms. The number of amides is 1. The molecule has 4 rings (SSSR count). The van der Waals surface area contributed by atoms with E-state index in [4.69, 9.17) is 16.3 Å². The monoisotopic (exact) mass is 550 g/mol. The Labute approximate surface area is 236 Å². The van der Waals surface area contributed by atoms with Crippen molar-refractivity contribution in [2.75, 3.05) is 31.6 Å². The quantitative estimate of drug-likeness (QED) is 0.350. The summed E-state index contributed by atoms with van der Waals surface area (Å²) in [7, 11) is 1.64. The second kappa shape index (κ2) is 13.2. The van der Waals surface area contributed by atoms with E-state index in [1.165, 1.54) is 11.1 Å². The van der Waals surface area contributed by atoms with Crippen LogP contribution in [0.15, 0.2) is 42.9 Å². The molecule has 1 amide bonds. The second-order valence-corrected chi connectivity index (χ2v) is 10.8. The fourth-order valence-electron chi connectivity index (χ4n) is 5.37. The number of aromatic nitrogens is 3. The van der Waals surface area contributed by atoms with E-state index in [1.54, 1.807) is 13.2 Å². The maximum atomic E-state index is 12.8. The molecule has 9 heteroatoms. The van der Waals surface area contributed by atoms with E-state index < -0.39 is 0 Å². The first-order chi connectivity index (χ1) is 18.8. The lowest BCUT2D eigenvalue weighted by atomic mass is 9.99. The van der Waals surface area contributed by atoms with E-state index in [0.29, 0.717) is 40.9 Å². The molecule has 0 aliphatic carbocycles. The first kappa shape index (κ1) is 28.8. The van der Waals surface area contributed by atoms with E-state index in [1.807, 2.05) is 38.5 Å². The molecule has 1 aliphatic heterocycles. The van der Waals surface area contributed by atoms with Gasteiger partial charge in [-0.3, -0.25) is 9.78 Å². The molecule has 3 aromatic heterocycles.